The summed E-state index contributed by atoms with van der Waals surface area (Å²) in [6.07, 6.45) is 5.31. The number of para-hydroxylation sites is 1. The summed E-state index contributed by atoms with van der Waals surface area (Å²) in [6.45, 7) is 0. The topological polar surface area (TPSA) is 67.5 Å². The average Bonchev–Trinajstić information content (AvgIpc) is 2.53. The van der Waals surface area contributed by atoms with Crippen molar-refractivity contribution in [1.82, 2.24) is 0 Å². The van der Waals surface area contributed by atoms with Crippen molar-refractivity contribution >= 4 is 16.8 Å². The van der Waals surface area contributed by atoms with E-state index in [2.05, 4.69) is 0 Å². The van der Waals surface area contributed by atoms with Crippen LogP contribution in [0.25, 0.3) is 11.0 Å². The third-order valence-electron chi connectivity index (χ3n) is 4.51. The lowest BCUT2D eigenvalue weighted by Crippen LogP contribution is -2.31. The third-order valence-corrected chi connectivity index (χ3v) is 4.51. The molecule has 0 saturated heterocycles. The van der Waals surface area contributed by atoms with Gasteiger partial charge in [0.05, 0.1) is 11.0 Å². The van der Waals surface area contributed by atoms with E-state index in [0.717, 1.165) is 32.1 Å². The van der Waals surface area contributed by atoms with Gasteiger partial charge < -0.3 is 9.52 Å². The molecule has 1 aromatic heterocycles. The van der Waals surface area contributed by atoms with Gasteiger partial charge >= 0.3 is 0 Å². The zero-order chi connectivity index (χ0) is 15.6. The second-order valence-electron chi connectivity index (χ2n) is 6.18. The van der Waals surface area contributed by atoms with Crippen molar-refractivity contribution in [3.8, 4) is 0 Å². The fourth-order valence-electron chi connectivity index (χ4n) is 3.17. The molecule has 4 heteroatoms. The number of rotatable bonds is 4. The number of carbonyl (C=O) groups is 1. The maximum atomic E-state index is 12.3. The maximum absolute atomic E-state index is 12.3. The normalized spacial score (nSPS) is 17.5. The van der Waals surface area contributed by atoms with Crippen molar-refractivity contribution in [3.05, 3.63) is 46.3 Å². The Balaban J connectivity index is 1.76. The van der Waals surface area contributed by atoms with Crippen molar-refractivity contribution in [2.24, 2.45) is 0 Å². The predicted molar refractivity (Wildman–Crippen MR) is 84.1 cm³/mol. The van der Waals surface area contributed by atoms with E-state index in [-0.39, 0.29) is 23.4 Å². The lowest BCUT2D eigenvalue weighted by atomic mass is 9.81. The quantitative estimate of drug-likeness (QED) is 0.878. The number of hydrogen-bond donors (Lipinski definition) is 1. The summed E-state index contributed by atoms with van der Waals surface area (Å²) in [4.78, 5) is 24.3. The van der Waals surface area contributed by atoms with Gasteiger partial charge in [0.1, 0.15) is 5.58 Å². The molecule has 0 amide bonds. The number of ketones is 1. The molecule has 0 bridgehead atoms. The summed E-state index contributed by atoms with van der Waals surface area (Å²) >= 11 is 0. The molecule has 0 atom stereocenters. The van der Waals surface area contributed by atoms with Crippen LogP contribution in [-0.4, -0.2) is 16.5 Å². The number of hydrogen-bond acceptors (Lipinski definition) is 4. The van der Waals surface area contributed by atoms with Crippen molar-refractivity contribution in [1.29, 1.82) is 0 Å². The van der Waals surface area contributed by atoms with Gasteiger partial charge in [0.2, 0.25) is 0 Å². The number of fused-ring (bicyclic) bond motifs is 1. The highest BCUT2D eigenvalue weighted by atomic mass is 16.3. The van der Waals surface area contributed by atoms with Gasteiger partial charge in [-0.1, -0.05) is 31.4 Å². The Morgan fingerprint density at radius 3 is 2.68 bits per heavy atom. The highest BCUT2D eigenvalue weighted by molar-refractivity contribution is 5.94. The zero-order valence-electron chi connectivity index (χ0n) is 12.5. The SMILES string of the molecule is O=C(CCC1(O)CCCCC1)c1cc(=O)c2ccccc2o1. The molecule has 0 unspecified atom stereocenters. The van der Waals surface area contributed by atoms with Crippen LogP contribution in [0.15, 0.2) is 39.5 Å². The van der Waals surface area contributed by atoms with Crippen LogP contribution in [0.3, 0.4) is 0 Å². The van der Waals surface area contributed by atoms with Crippen molar-refractivity contribution in [2.75, 3.05) is 0 Å². The lowest BCUT2D eigenvalue weighted by molar-refractivity contribution is -0.00471. The molecular weight excluding hydrogens is 280 g/mol. The molecule has 1 fully saturated rings. The first-order valence-corrected chi connectivity index (χ1v) is 7.86. The van der Waals surface area contributed by atoms with Gasteiger partial charge in [0, 0.05) is 12.5 Å². The molecule has 0 spiro atoms. The Bertz CT molecular complexity index is 738. The number of Topliss-reactive ketones (excluding diaryl/α,β-unsaturated/α-hetero) is 1. The number of aliphatic hydroxyl groups is 1. The Labute approximate surface area is 128 Å². The monoisotopic (exact) mass is 300 g/mol. The maximum Gasteiger partial charge on any atom is 0.198 e. The number of carbonyl (C=O) groups excluding carboxylic acids is 1. The van der Waals surface area contributed by atoms with Gasteiger partial charge in [-0.25, -0.2) is 0 Å². The third kappa shape index (κ3) is 3.12. The van der Waals surface area contributed by atoms with E-state index in [1.807, 2.05) is 0 Å². The smallest absolute Gasteiger partial charge is 0.198 e. The zero-order valence-corrected chi connectivity index (χ0v) is 12.5. The highest BCUT2D eigenvalue weighted by Gasteiger charge is 2.30. The first-order valence-electron chi connectivity index (χ1n) is 7.86. The van der Waals surface area contributed by atoms with E-state index in [9.17, 15) is 14.7 Å². The number of benzene rings is 1. The Morgan fingerprint density at radius 1 is 1.18 bits per heavy atom. The minimum Gasteiger partial charge on any atom is -0.453 e. The highest BCUT2D eigenvalue weighted by Crippen LogP contribution is 2.32. The summed E-state index contributed by atoms with van der Waals surface area (Å²) in [7, 11) is 0. The fourth-order valence-corrected chi connectivity index (χ4v) is 3.17. The standard InChI is InChI=1S/C18H20O4/c19-14(8-11-18(21)9-4-1-5-10-18)17-12-15(20)13-6-2-3-7-16(13)22-17/h2-3,6-7,12,21H,1,4-5,8-11H2. The van der Waals surface area contributed by atoms with Crippen LogP contribution in [-0.2, 0) is 0 Å². The van der Waals surface area contributed by atoms with E-state index in [0.29, 0.717) is 17.4 Å². The largest absolute Gasteiger partial charge is 0.453 e. The van der Waals surface area contributed by atoms with E-state index >= 15 is 0 Å². The molecule has 1 saturated carbocycles. The fraction of sp³-hybridized carbons (Fsp3) is 0.444. The molecule has 2 aromatic rings. The van der Waals surface area contributed by atoms with Gasteiger partial charge in [-0.2, -0.15) is 0 Å². The summed E-state index contributed by atoms with van der Waals surface area (Å²) in [5.41, 5.74) is -0.512. The van der Waals surface area contributed by atoms with Crippen LogP contribution in [0.2, 0.25) is 0 Å². The molecule has 1 heterocycles. The molecule has 1 aromatic carbocycles. The Morgan fingerprint density at radius 2 is 1.91 bits per heavy atom. The molecule has 1 aliphatic carbocycles. The summed E-state index contributed by atoms with van der Waals surface area (Å²) in [6, 6.07) is 8.15. The second kappa shape index (κ2) is 6.05. The van der Waals surface area contributed by atoms with Crippen molar-refractivity contribution in [2.45, 2.75) is 50.5 Å². The molecule has 3 rings (SSSR count). The second-order valence-corrected chi connectivity index (χ2v) is 6.18. The van der Waals surface area contributed by atoms with E-state index in [1.54, 1.807) is 24.3 Å². The lowest BCUT2D eigenvalue weighted by Gasteiger charge is -2.31. The molecule has 4 nitrogen and oxygen atoms in total. The Hall–Kier alpha value is -1.94. The molecule has 22 heavy (non-hydrogen) atoms. The van der Waals surface area contributed by atoms with Crippen LogP contribution in [0.4, 0.5) is 0 Å². The minimum atomic E-state index is -0.731. The van der Waals surface area contributed by atoms with E-state index < -0.39 is 5.60 Å². The average molecular weight is 300 g/mol. The first-order chi connectivity index (χ1) is 10.6. The van der Waals surface area contributed by atoms with Gasteiger partial charge in [-0.15, -0.1) is 0 Å². The van der Waals surface area contributed by atoms with Gasteiger partial charge in [0.25, 0.3) is 0 Å². The predicted octanol–water partition coefficient (Wildman–Crippen LogP) is 3.45. The molecule has 0 radical (unpaired) electrons. The summed E-state index contributed by atoms with van der Waals surface area (Å²) in [5.74, 6) is -0.134. The van der Waals surface area contributed by atoms with Gasteiger partial charge in [-0.3, -0.25) is 9.59 Å². The van der Waals surface area contributed by atoms with Crippen LogP contribution < -0.4 is 5.43 Å². The van der Waals surface area contributed by atoms with E-state index in [4.69, 9.17) is 4.42 Å². The molecule has 0 aliphatic heterocycles. The first kappa shape index (κ1) is 15.0. The van der Waals surface area contributed by atoms with Crippen LogP contribution >= 0.6 is 0 Å². The van der Waals surface area contributed by atoms with E-state index in [1.165, 1.54) is 6.07 Å². The summed E-state index contributed by atoms with van der Waals surface area (Å²) in [5, 5.41) is 10.9. The van der Waals surface area contributed by atoms with Crippen molar-refractivity contribution < 1.29 is 14.3 Å². The Kier molecular flexibility index (Phi) is 4.12. The van der Waals surface area contributed by atoms with Crippen LogP contribution in [0, 0.1) is 0 Å². The van der Waals surface area contributed by atoms with Crippen molar-refractivity contribution in [3.63, 3.8) is 0 Å². The molecule has 1 N–H and O–H groups in total. The minimum absolute atomic E-state index is 0.0862. The van der Waals surface area contributed by atoms with Gasteiger partial charge in [-0.05, 0) is 31.4 Å². The van der Waals surface area contributed by atoms with Crippen LogP contribution in [0.5, 0.6) is 0 Å². The molecule has 1 aliphatic rings. The molecular formula is C18H20O4. The van der Waals surface area contributed by atoms with Gasteiger partial charge in [0.15, 0.2) is 17.0 Å². The summed E-state index contributed by atoms with van der Waals surface area (Å²) < 4.78 is 5.55. The molecule has 116 valence electrons. The van der Waals surface area contributed by atoms with Crippen LogP contribution in [0.1, 0.15) is 55.5 Å².